The molecule has 1 atom stereocenters. The van der Waals surface area contributed by atoms with Gasteiger partial charge in [0.05, 0.1) is 11.0 Å². The zero-order valence-corrected chi connectivity index (χ0v) is 9.18. The van der Waals surface area contributed by atoms with Gasteiger partial charge in [-0.2, -0.15) is 11.8 Å². The molecule has 0 aromatic heterocycles. The molecular weight excluding hydrogens is 188 g/mol. The normalized spacial score (nSPS) is 29.8. The van der Waals surface area contributed by atoms with Crippen LogP contribution in [0, 0.1) is 0 Å². The molecule has 0 aliphatic carbocycles. The van der Waals surface area contributed by atoms with Crippen molar-refractivity contribution in [3.63, 3.8) is 0 Å². The maximum Gasteiger partial charge on any atom is 0.103 e. The average molecular weight is 204 g/mol. The van der Waals surface area contributed by atoms with Crippen LogP contribution in [0.3, 0.4) is 0 Å². The Morgan fingerprint density at radius 1 is 1.58 bits per heavy atom. The molecule has 0 radical (unpaired) electrons. The second-order valence-corrected chi connectivity index (χ2v) is 5.58. The van der Waals surface area contributed by atoms with Crippen LogP contribution in [0.5, 0.6) is 0 Å². The van der Waals surface area contributed by atoms with Crippen LogP contribution >= 0.6 is 23.5 Å². The van der Waals surface area contributed by atoms with E-state index in [2.05, 4.69) is 25.3 Å². The average Bonchev–Trinajstić information content (AvgIpc) is 2.16. The van der Waals surface area contributed by atoms with Gasteiger partial charge in [-0.15, -0.1) is 11.8 Å². The molecule has 1 heterocycles. The summed E-state index contributed by atoms with van der Waals surface area (Å²) in [5, 5.41) is 0. The smallest absolute Gasteiger partial charge is 0.103 e. The first-order valence-corrected chi connectivity index (χ1v) is 6.41. The summed E-state index contributed by atoms with van der Waals surface area (Å²) in [6.45, 7) is 6.64. The largest absolute Gasteiger partial charge is 0.500 e. The lowest BCUT2D eigenvalue weighted by Crippen LogP contribution is -2.35. The first kappa shape index (κ1) is 10.3. The van der Waals surface area contributed by atoms with E-state index in [4.69, 9.17) is 4.74 Å². The third-order valence-electron chi connectivity index (χ3n) is 2.11. The maximum atomic E-state index is 5.30. The molecule has 0 amide bonds. The Bertz CT molecular complexity index is 141. The minimum atomic E-state index is 0.358. The quantitative estimate of drug-likeness (QED) is 0.652. The molecular formula is C9H16OS2. The standard InChI is InChI=1S/C9H16OS2/c1-3-9(7-10-4-2)8-11-5-6-12-9/h4H,2-3,5-8H2,1H3. The minimum Gasteiger partial charge on any atom is -0.500 e. The van der Waals surface area contributed by atoms with E-state index >= 15 is 0 Å². The molecule has 0 aromatic carbocycles. The van der Waals surface area contributed by atoms with Crippen molar-refractivity contribution < 1.29 is 4.74 Å². The highest BCUT2D eigenvalue weighted by Crippen LogP contribution is 2.37. The van der Waals surface area contributed by atoms with Crippen molar-refractivity contribution in [2.24, 2.45) is 0 Å². The Kier molecular flexibility index (Phi) is 4.36. The zero-order valence-electron chi connectivity index (χ0n) is 7.54. The molecule has 12 heavy (non-hydrogen) atoms. The highest BCUT2D eigenvalue weighted by Gasteiger charge is 2.31. The van der Waals surface area contributed by atoms with Crippen molar-refractivity contribution >= 4 is 23.5 Å². The van der Waals surface area contributed by atoms with Crippen molar-refractivity contribution in [2.75, 3.05) is 23.9 Å². The fourth-order valence-electron chi connectivity index (χ4n) is 1.22. The van der Waals surface area contributed by atoms with Crippen molar-refractivity contribution in [3.8, 4) is 0 Å². The summed E-state index contributed by atoms with van der Waals surface area (Å²) in [6, 6.07) is 0. The van der Waals surface area contributed by atoms with Crippen LogP contribution in [0.25, 0.3) is 0 Å². The molecule has 70 valence electrons. The highest BCUT2D eigenvalue weighted by molar-refractivity contribution is 8.07. The second-order valence-electron chi connectivity index (χ2n) is 2.92. The van der Waals surface area contributed by atoms with Gasteiger partial charge in [0.25, 0.3) is 0 Å². The molecule has 1 nitrogen and oxygen atoms in total. The molecule has 1 unspecified atom stereocenters. The first-order valence-electron chi connectivity index (χ1n) is 4.27. The van der Waals surface area contributed by atoms with Crippen LogP contribution in [0.2, 0.25) is 0 Å². The van der Waals surface area contributed by atoms with Crippen molar-refractivity contribution in [1.29, 1.82) is 0 Å². The Balaban J connectivity index is 2.41. The molecule has 0 N–H and O–H groups in total. The summed E-state index contributed by atoms with van der Waals surface area (Å²) in [5.41, 5.74) is 0. The predicted octanol–water partition coefficient (Wildman–Crippen LogP) is 2.78. The van der Waals surface area contributed by atoms with Gasteiger partial charge < -0.3 is 4.74 Å². The lowest BCUT2D eigenvalue weighted by atomic mass is 10.1. The molecule has 0 saturated carbocycles. The lowest BCUT2D eigenvalue weighted by molar-refractivity contribution is 0.219. The molecule has 1 aliphatic heterocycles. The molecule has 1 saturated heterocycles. The third-order valence-corrected chi connectivity index (χ3v) is 5.37. The molecule has 0 bridgehead atoms. The monoisotopic (exact) mass is 204 g/mol. The third kappa shape index (κ3) is 2.63. The van der Waals surface area contributed by atoms with Crippen LogP contribution in [0.1, 0.15) is 13.3 Å². The summed E-state index contributed by atoms with van der Waals surface area (Å²) >= 11 is 4.10. The van der Waals surface area contributed by atoms with Gasteiger partial charge in [-0.25, -0.2) is 0 Å². The highest BCUT2D eigenvalue weighted by atomic mass is 32.2. The predicted molar refractivity (Wildman–Crippen MR) is 59.0 cm³/mol. The Hall–Kier alpha value is 0.240. The fraction of sp³-hybridized carbons (Fsp3) is 0.778. The van der Waals surface area contributed by atoms with E-state index in [1.165, 1.54) is 23.7 Å². The van der Waals surface area contributed by atoms with Gasteiger partial charge in [-0.1, -0.05) is 13.5 Å². The van der Waals surface area contributed by atoms with E-state index in [0.717, 1.165) is 6.61 Å². The van der Waals surface area contributed by atoms with Crippen LogP contribution in [-0.2, 0) is 4.74 Å². The zero-order chi connectivity index (χ0) is 8.86. The van der Waals surface area contributed by atoms with Crippen LogP contribution in [0.15, 0.2) is 12.8 Å². The van der Waals surface area contributed by atoms with Gasteiger partial charge >= 0.3 is 0 Å². The lowest BCUT2D eigenvalue weighted by Gasteiger charge is -2.34. The summed E-state index contributed by atoms with van der Waals surface area (Å²) in [5.74, 6) is 3.78. The first-order chi connectivity index (χ1) is 5.83. The summed E-state index contributed by atoms with van der Waals surface area (Å²) < 4.78 is 5.66. The van der Waals surface area contributed by atoms with Crippen LogP contribution in [0.4, 0.5) is 0 Å². The van der Waals surface area contributed by atoms with E-state index in [1.807, 2.05) is 11.8 Å². The van der Waals surface area contributed by atoms with Gasteiger partial charge in [-0.05, 0) is 6.42 Å². The molecule has 1 fully saturated rings. The number of hydrogen-bond donors (Lipinski definition) is 0. The number of hydrogen-bond acceptors (Lipinski definition) is 3. The maximum absolute atomic E-state index is 5.30. The second kappa shape index (κ2) is 5.07. The Morgan fingerprint density at radius 2 is 2.42 bits per heavy atom. The summed E-state index contributed by atoms with van der Waals surface area (Å²) in [6.07, 6.45) is 2.75. The fourth-order valence-corrected chi connectivity index (χ4v) is 4.20. The van der Waals surface area contributed by atoms with E-state index in [1.54, 1.807) is 6.26 Å². The molecule has 0 aromatic rings. The van der Waals surface area contributed by atoms with Crippen molar-refractivity contribution in [3.05, 3.63) is 12.8 Å². The topological polar surface area (TPSA) is 9.23 Å². The van der Waals surface area contributed by atoms with Crippen molar-refractivity contribution in [1.82, 2.24) is 0 Å². The van der Waals surface area contributed by atoms with Gasteiger partial charge in [0.2, 0.25) is 0 Å². The van der Waals surface area contributed by atoms with Gasteiger partial charge in [0.15, 0.2) is 0 Å². The molecule has 1 aliphatic rings. The van der Waals surface area contributed by atoms with Gasteiger partial charge in [-0.3, -0.25) is 0 Å². The van der Waals surface area contributed by atoms with Gasteiger partial charge in [0.1, 0.15) is 6.61 Å². The van der Waals surface area contributed by atoms with Crippen LogP contribution in [-0.4, -0.2) is 28.6 Å². The molecule has 0 spiro atoms. The van der Waals surface area contributed by atoms with Crippen LogP contribution < -0.4 is 0 Å². The number of ether oxygens (including phenoxy) is 1. The van der Waals surface area contributed by atoms with Gasteiger partial charge in [0, 0.05) is 17.3 Å². The van der Waals surface area contributed by atoms with E-state index < -0.39 is 0 Å². The number of thioether (sulfide) groups is 2. The summed E-state index contributed by atoms with van der Waals surface area (Å²) in [7, 11) is 0. The molecule has 1 rings (SSSR count). The molecule has 3 heteroatoms. The van der Waals surface area contributed by atoms with Crippen molar-refractivity contribution in [2.45, 2.75) is 18.1 Å². The van der Waals surface area contributed by atoms with E-state index in [0.29, 0.717) is 4.75 Å². The van der Waals surface area contributed by atoms with E-state index in [-0.39, 0.29) is 0 Å². The Morgan fingerprint density at radius 3 is 2.92 bits per heavy atom. The SMILES string of the molecule is C=COCC1(CC)CSCCS1. The minimum absolute atomic E-state index is 0.358. The number of rotatable bonds is 4. The van der Waals surface area contributed by atoms with E-state index in [9.17, 15) is 0 Å². The Labute approximate surface area is 83.3 Å². The summed E-state index contributed by atoms with van der Waals surface area (Å²) in [4.78, 5) is 0.